The second-order valence-electron chi connectivity index (χ2n) is 10.8. The van der Waals surface area contributed by atoms with E-state index in [2.05, 4.69) is 22.6 Å². The zero-order valence-corrected chi connectivity index (χ0v) is 20.0. The normalized spacial score (nSPS) is 29.6. The number of hydrogen-bond donors (Lipinski definition) is 2. The quantitative estimate of drug-likeness (QED) is 0.625. The Balaban J connectivity index is 1.14. The maximum atomic E-state index is 13.6. The van der Waals surface area contributed by atoms with Gasteiger partial charge in [0.2, 0.25) is 10.0 Å². The summed E-state index contributed by atoms with van der Waals surface area (Å²) >= 11 is 0. The lowest BCUT2D eigenvalue weighted by molar-refractivity contribution is 0.0139. The van der Waals surface area contributed by atoms with Crippen molar-refractivity contribution in [3.05, 3.63) is 64.7 Å². The van der Waals surface area contributed by atoms with Crippen LogP contribution in [-0.2, 0) is 28.3 Å². The van der Waals surface area contributed by atoms with Crippen molar-refractivity contribution in [2.45, 2.75) is 55.3 Å². The minimum Gasteiger partial charge on any atom is -0.388 e. The van der Waals surface area contributed by atoms with E-state index in [1.54, 1.807) is 0 Å². The van der Waals surface area contributed by atoms with Crippen LogP contribution < -0.4 is 4.72 Å². The predicted molar refractivity (Wildman–Crippen MR) is 126 cm³/mol. The molecule has 4 aliphatic rings. The summed E-state index contributed by atoms with van der Waals surface area (Å²) in [5, 5.41) is 10.9. The first kappa shape index (κ1) is 22.4. The lowest BCUT2D eigenvalue weighted by atomic mass is 9.87. The lowest BCUT2D eigenvalue weighted by Crippen LogP contribution is -2.45. The average molecular weight is 489 g/mol. The topological polar surface area (TPSA) is 69.6 Å². The molecule has 2 aromatic carbocycles. The number of benzene rings is 2. The summed E-state index contributed by atoms with van der Waals surface area (Å²) in [6.45, 7) is 4.39. The molecule has 2 atom stereocenters. The molecule has 2 aromatic rings. The van der Waals surface area contributed by atoms with Crippen molar-refractivity contribution in [3.8, 4) is 0 Å². The fraction of sp³-hybridized carbons (Fsp3) is 0.538. The fourth-order valence-corrected chi connectivity index (χ4v) is 8.24. The van der Waals surface area contributed by atoms with E-state index in [1.165, 1.54) is 17.7 Å². The van der Waals surface area contributed by atoms with E-state index in [-0.39, 0.29) is 10.7 Å². The van der Waals surface area contributed by atoms with Crippen LogP contribution in [0.25, 0.3) is 0 Å². The van der Waals surface area contributed by atoms with Crippen molar-refractivity contribution in [2.24, 2.45) is 11.8 Å². The number of anilines is 1. The first-order valence-electron chi connectivity index (χ1n) is 12.2. The Labute approximate surface area is 199 Å². The zero-order valence-electron chi connectivity index (χ0n) is 19.2. The molecule has 1 aliphatic heterocycles. The smallest absolute Gasteiger partial charge is 0.235 e. The molecule has 182 valence electrons. The highest BCUT2D eigenvalue weighted by molar-refractivity contribution is 7.93. The average Bonchev–Trinajstić information content (AvgIpc) is 3.65. The number of aliphatic hydroxyl groups is 1. The first-order chi connectivity index (χ1) is 16.1. The van der Waals surface area contributed by atoms with Crippen molar-refractivity contribution >= 4 is 15.7 Å². The molecule has 0 aromatic heterocycles. The van der Waals surface area contributed by atoms with Crippen LogP contribution >= 0.6 is 0 Å². The first-order valence-corrected chi connectivity index (χ1v) is 13.7. The monoisotopic (exact) mass is 488 g/mol. The van der Waals surface area contributed by atoms with Gasteiger partial charge in [0.15, 0.2) is 11.6 Å². The van der Waals surface area contributed by atoms with E-state index in [0.29, 0.717) is 48.0 Å². The van der Waals surface area contributed by atoms with Crippen LogP contribution in [0, 0.1) is 23.5 Å². The SMILES string of the molecule is CCC1(c2cccc(NS(=O)(=O)C3CC3)c2)C2CN(CC3(O)Cc4cc(F)c(F)cc4C3)CC21. The van der Waals surface area contributed by atoms with Crippen molar-refractivity contribution < 1.29 is 22.3 Å². The molecule has 1 heterocycles. The zero-order chi connectivity index (χ0) is 23.9. The molecule has 0 spiro atoms. The number of rotatable bonds is 7. The number of nitrogens with zero attached hydrogens (tertiary/aromatic N) is 1. The van der Waals surface area contributed by atoms with Crippen LogP contribution in [0.15, 0.2) is 36.4 Å². The molecule has 8 heteroatoms. The van der Waals surface area contributed by atoms with Crippen LogP contribution in [0.2, 0.25) is 0 Å². The van der Waals surface area contributed by atoms with Gasteiger partial charge in [-0.15, -0.1) is 0 Å². The van der Waals surface area contributed by atoms with E-state index < -0.39 is 27.3 Å². The van der Waals surface area contributed by atoms with Gasteiger partial charge in [0.1, 0.15) is 0 Å². The number of likely N-dealkylation sites (tertiary alicyclic amines) is 1. The molecule has 0 amide bonds. The largest absolute Gasteiger partial charge is 0.388 e. The third kappa shape index (κ3) is 3.57. The minimum atomic E-state index is -3.30. The molecule has 5 nitrogen and oxygen atoms in total. The summed E-state index contributed by atoms with van der Waals surface area (Å²) in [6, 6.07) is 10.3. The van der Waals surface area contributed by atoms with Crippen molar-refractivity contribution in [1.82, 2.24) is 4.90 Å². The summed E-state index contributed by atoms with van der Waals surface area (Å²) < 4.78 is 54.8. The second-order valence-corrected chi connectivity index (χ2v) is 12.8. The Morgan fingerprint density at radius 3 is 2.24 bits per heavy atom. The standard InChI is InChI=1S/C26H30F2N2O3S/c1-2-26(18-4-3-5-19(10-18)29-34(32,33)20-6-7-20)21-13-30(14-22(21)26)15-25(31)11-16-8-23(27)24(28)9-17(16)12-25/h3-5,8-10,20-22,29,31H,2,6-7,11-15H2,1H3. The molecule has 0 radical (unpaired) electrons. The summed E-state index contributed by atoms with van der Waals surface area (Å²) in [6.07, 6.45) is 3.12. The minimum absolute atomic E-state index is 0.0328. The van der Waals surface area contributed by atoms with Crippen LogP contribution in [0.5, 0.6) is 0 Å². The maximum absolute atomic E-state index is 13.6. The number of fused-ring (bicyclic) bond motifs is 2. The molecule has 2 N–H and O–H groups in total. The van der Waals surface area contributed by atoms with Gasteiger partial charge in [-0.2, -0.15) is 0 Å². The van der Waals surface area contributed by atoms with Gasteiger partial charge < -0.3 is 5.11 Å². The number of halogens is 2. The molecule has 2 saturated carbocycles. The van der Waals surface area contributed by atoms with E-state index >= 15 is 0 Å². The Morgan fingerprint density at radius 1 is 1.06 bits per heavy atom. The summed E-state index contributed by atoms with van der Waals surface area (Å²) in [5.74, 6) is -0.815. The van der Waals surface area contributed by atoms with E-state index in [9.17, 15) is 22.3 Å². The summed E-state index contributed by atoms with van der Waals surface area (Å²) in [7, 11) is -3.30. The van der Waals surface area contributed by atoms with Crippen molar-refractivity contribution in [2.75, 3.05) is 24.4 Å². The number of hydrogen-bond acceptors (Lipinski definition) is 4. The number of β-amino-alcohol motifs (C(OH)–C–C–N with tert-alkyl or cyclic N) is 1. The van der Waals surface area contributed by atoms with E-state index in [1.807, 2.05) is 18.2 Å². The van der Waals surface area contributed by atoms with Crippen LogP contribution in [0.1, 0.15) is 42.9 Å². The van der Waals surface area contributed by atoms with E-state index in [4.69, 9.17) is 0 Å². The van der Waals surface area contributed by atoms with Gasteiger partial charge in [-0.3, -0.25) is 9.62 Å². The third-order valence-electron chi connectivity index (χ3n) is 8.62. The second kappa shape index (κ2) is 7.48. The van der Waals surface area contributed by atoms with Gasteiger partial charge in [-0.1, -0.05) is 19.1 Å². The maximum Gasteiger partial charge on any atom is 0.235 e. The highest BCUT2D eigenvalue weighted by atomic mass is 32.2. The highest BCUT2D eigenvalue weighted by Gasteiger charge is 2.67. The molecule has 3 aliphatic carbocycles. The fourth-order valence-electron chi connectivity index (χ4n) is 6.86. The Morgan fingerprint density at radius 2 is 1.68 bits per heavy atom. The number of piperidine rings is 1. The Kier molecular flexibility index (Phi) is 4.94. The summed E-state index contributed by atoms with van der Waals surface area (Å²) in [4.78, 5) is 2.28. The molecule has 1 saturated heterocycles. The number of nitrogens with one attached hydrogen (secondary N) is 1. The summed E-state index contributed by atoms with van der Waals surface area (Å²) in [5.41, 5.74) is 2.23. The van der Waals surface area contributed by atoms with E-state index in [0.717, 1.165) is 32.4 Å². The van der Waals surface area contributed by atoms with Gasteiger partial charge in [0.25, 0.3) is 0 Å². The van der Waals surface area contributed by atoms with Crippen LogP contribution in [0.4, 0.5) is 14.5 Å². The highest BCUT2D eigenvalue weighted by Crippen LogP contribution is 2.65. The Bertz CT molecular complexity index is 1220. The van der Waals surface area contributed by atoms with Gasteiger partial charge in [-0.05, 0) is 72.1 Å². The van der Waals surface area contributed by atoms with Gasteiger partial charge >= 0.3 is 0 Å². The number of sulfonamides is 1. The molecule has 6 rings (SSSR count). The van der Waals surface area contributed by atoms with Gasteiger partial charge in [-0.25, -0.2) is 17.2 Å². The molecule has 0 bridgehead atoms. The van der Waals surface area contributed by atoms with Gasteiger partial charge in [0, 0.05) is 43.6 Å². The van der Waals surface area contributed by atoms with Crippen molar-refractivity contribution in [1.29, 1.82) is 0 Å². The third-order valence-corrected chi connectivity index (χ3v) is 10.5. The van der Waals surface area contributed by atoms with Gasteiger partial charge in [0.05, 0.1) is 10.9 Å². The lowest BCUT2D eigenvalue weighted by Gasteiger charge is -2.32. The molecule has 3 fully saturated rings. The Hall–Kier alpha value is -2.03. The van der Waals surface area contributed by atoms with Crippen LogP contribution in [0.3, 0.4) is 0 Å². The molecular weight excluding hydrogens is 458 g/mol. The molecule has 34 heavy (non-hydrogen) atoms. The molecule has 2 unspecified atom stereocenters. The van der Waals surface area contributed by atoms with Crippen LogP contribution in [-0.4, -0.2) is 48.9 Å². The van der Waals surface area contributed by atoms with Crippen molar-refractivity contribution in [3.63, 3.8) is 0 Å². The predicted octanol–water partition coefficient (Wildman–Crippen LogP) is 3.61. The molecular formula is C26H30F2N2O3S.